The fraction of sp³-hybridized carbons (Fsp3) is 0.571. The quantitative estimate of drug-likeness (QED) is 0.873. The molecule has 0 radical (unpaired) electrons. The standard InChI is InChI=1S/C14H21FN2O/c1-12-2-3-14(15)13(10-12)11-17-6-4-16(5-7-17)8-9-18/h2-3,10,18H,4-9,11H2,1H3. The van der Waals surface area contributed by atoms with Crippen LogP contribution >= 0.6 is 0 Å². The molecule has 1 fully saturated rings. The molecule has 3 nitrogen and oxygen atoms in total. The molecule has 0 unspecified atom stereocenters. The highest BCUT2D eigenvalue weighted by atomic mass is 19.1. The van der Waals surface area contributed by atoms with Crippen LogP contribution in [0.15, 0.2) is 18.2 Å². The second-order valence-corrected chi connectivity index (χ2v) is 4.94. The number of piperazine rings is 1. The van der Waals surface area contributed by atoms with Gasteiger partial charge < -0.3 is 5.11 Å². The Bertz CT molecular complexity index is 389. The predicted octanol–water partition coefficient (Wildman–Crippen LogP) is 1.24. The highest BCUT2D eigenvalue weighted by Crippen LogP contribution is 2.14. The minimum absolute atomic E-state index is 0.113. The average molecular weight is 252 g/mol. The van der Waals surface area contributed by atoms with Gasteiger partial charge in [-0.15, -0.1) is 0 Å². The van der Waals surface area contributed by atoms with E-state index in [0.717, 1.165) is 43.9 Å². The Balaban J connectivity index is 1.89. The molecule has 1 heterocycles. The summed E-state index contributed by atoms with van der Waals surface area (Å²) in [6, 6.07) is 5.28. The van der Waals surface area contributed by atoms with Gasteiger partial charge in [-0.3, -0.25) is 9.80 Å². The number of hydrogen-bond acceptors (Lipinski definition) is 3. The van der Waals surface area contributed by atoms with Crippen LogP contribution in [0.25, 0.3) is 0 Å². The van der Waals surface area contributed by atoms with Gasteiger partial charge in [0, 0.05) is 44.8 Å². The van der Waals surface area contributed by atoms with Gasteiger partial charge in [0.2, 0.25) is 0 Å². The number of nitrogens with zero attached hydrogens (tertiary/aromatic N) is 2. The van der Waals surface area contributed by atoms with Crippen molar-refractivity contribution in [2.24, 2.45) is 0 Å². The van der Waals surface area contributed by atoms with Gasteiger partial charge in [-0.2, -0.15) is 0 Å². The summed E-state index contributed by atoms with van der Waals surface area (Å²) < 4.78 is 13.7. The van der Waals surface area contributed by atoms with Crippen LogP contribution in [0.4, 0.5) is 4.39 Å². The molecule has 18 heavy (non-hydrogen) atoms. The van der Waals surface area contributed by atoms with Gasteiger partial charge in [0.05, 0.1) is 6.61 Å². The molecule has 0 aromatic heterocycles. The third-order valence-corrected chi connectivity index (χ3v) is 3.48. The molecule has 1 aliphatic heterocycles. The van der Waals surface area contributed by atoms with Crippen LogP contribution in [0.1, 0.15) is 11.1 Å². The van der Waals surface area contributed by atoms with Crippen molar-refractivity contribution < 1.29 is 9.50 Å². The first kappa shape index (κ1) is 13.5. The average Bonchev–Trinajstić information content (AvgIpc) is 2.37. The van der Waals surface area contributed by atoms with Crippen LogP contribution in [0.2, 0.25) is 0 Å². The van der Waals surface area contributed by atoms with Crippen molar-refractivity contribution in [1.82, 2.24) is 9.80 Å². The normalized spacial score (nSPS) is 18.2. The zero-order valence-electron chi connectivity index (χ0n) is 10.9. The molecule has 100 valence electrons. The molecule has 4 heteroatoms. The van der Waals surface area contributed by atoms with Gasteiger partial charge in [0.1, 0.15) is 5.82 Å². The Morgan fingerprint density at radius 2 is 1.83 bits per heavy atom. The smallest absolute Gasteiger partial charge is 0.127 e. The summed E-state index contributed by atoms with van der Waals surface area (Å²) in [6.45, 7) is 7.41. The molecule has 0 amide bonds. The topological polar surface area (TPSA) is 26.7 Å². The molecule has 1 saturated heterocycles. The van der Waals surface area contributed by atoms with Crippen molar-refractivity contribution in [1.29, 1.82) is 0 Å². The van der Waals surface area contributed by atoms with E-state index in [-0.39, 0.29) is 12.4 Å². The Labute approximate surface area is 108 Å². The molecule has 1 N–H and O–H groups in total. The molecule has 0 aliphatic carbocycles. The van der Waals surface area contributed by atoms with Gasteiger partial charge in [0.25, 0.3) is 0 Å². The van der Waals surface area contributed by atoms with Crippen molar-refractivity contribution in [2.45, 2.75) is 13.5 Å². The van der Waals surface area contributed by atoms with E-state index in [2.05, 4.69) is 9.80 Å². The second kappa shape index (κ2) is 6.27. The Hall–Kier alpha value is -0.970. The van der Waals surface area contributed by atoms with Crippen LogP contribution in [0, 0.1) is 12.7 Å². The molecule has 1 aliphatic rings. The second-order valence-electron chi connectivity index (χ2n) is 4.94. The van der Waals surface area contributed by atoms with Gasteiger partial charge in [-0.05, 0) is 13.0 Å². The van der Waals surface area contributed by atoms with E-state index < -0.39 is 0 Å². The lowest BCUT2D eigenvalue weighted by Gasteiger charge is -2.34. The van der Waals surface area contributed by atoms with Crippen LogP contribution < -0.4 is 0 Å². The number of hydrogen-bond donors (Lipinski definition) is 1. The van der Waals surface area contributed by atoms with Gasteiger partial charge >= 0.3 is 0 Å². The summed E-state index contributed by atoms with van der Waals surface area (Å²) in [7, 11) is 0. The molecule has 0 atom stereocenters. The first-order chi connectivity index (χ1) is 8.69. The maximum Gasteiger partial charge on any atom is 0.127 e. The monoisotopic (exact) mass is 252 g/mol. The lowest BCUT2D eigenvalue weighted by molar-refractivity contribution is 0.108. The third-order valence-electron chi connectivity index (χ3n) is 3.48. The van der Waals surface area contributed by atoms with E-state index in [9.17, 15) is 4.39 Å². The molecule has 0 spiro atoms. The van der Waals surface area contributed by atoms with Gasteiger partial charge in [0.15, 0.2) is 0 Å². The van der Waals surface area contributed by atoms with Crippen molar-refractivity contribution in [2.75, 3.05) is 39.3 Å². The Kier molecular flexibility index (Phi) is 4.69. The van der Waals surface area contributed by atoms with Crippen LogP contribution in [0.3, 0.4) is 0 Å². The first-order valence-electron chi connectivity index (χ1n) is 6.49. The predicted molar refractivity (Wildman–Crippen MR) is 69.9 cm³/mol. The number of aryl methyl sites for hydroxylation is 1. The summed E-state index contributed by atoms with van der Waals surface area (Å²) in [5.41, 5.74) is 1.89. The van der Waals surface area contributed by atoms with E-state index in [1.54, 1.807) is 12.1 Å². The molecule has 1 aromatic rings. The van der Waals surface area contributed by atoms with Crippen molar-refractivity contribution in [3.05, 3.63) is 35.1 Å². The minimum atomic E-state index is -0.113. The number of aliphatic hydroxyl groups excluding tert-OH is 1. The van der Waals surface area contributed by atoms with Gasteiger partial charge in [-0.25, -0.2) is 4.39 Å². The summed E-state index contributed by atoms with van der Waals surface area (Å²) in [4.78, 5) is 4.51. The number of β-amino-alcohol motifs (C(OH)–C–C–N with tert-alkyl or cyclic N) is 1. The largest absolute Gasteiger partial charge is 0.395 e. The molecule has 2 rings (SSSR count). The highest BCUT2D eigenvalue weighted by Gasteiger charge is 2.17. The van der Waals surface area contributed by atoms with Crippen LogP contribution in [-0.2, 0) is 6.54 Å². The summed E-state index contributed by atoms with van der Waals surface area (Å²) in [5, 5.41) is 8.88. The SMILES string of the molecule is Cc1ccc(F)c(CN2CCN(CCO)CC2)c1. The maximum absolute atomic E-state index is 13.7. The first-order valence-corrected chi connectivity index (χ1v) is 6.49. The maximum atomic E-state index is 13.7. The molecule has 0 bridgehead atoms. The lowest BCUT2D eigenvalue weighted by Crippen LogP contribution is -2.46. The van der Waals surface area contributed by atoms with E-state index in [1.807, 2.05) is 13.0 Å². The molecule has 0 saturated carbocycles. The summed E-state index contributed by atoms with van der Waals surface area (Å²) >= 11 is 0. The van der Waals surface area contributed by atoms with E-state index >= 15 is 0 Å². The van der Waals surface area contributed by atoms with E-state index in [4.69, 9.17) is 5.11 Å². The van der Waals surface area contributed by atoms with Gasteiger partial charge in [-0.1, -0.05) is 17.7 Å². The number of benzene rings is 1. The zero-order chi connectivity index (χ0) is 13.0. The Morgan fingerprint density at radius 3 is 2.50 bits per heavy atom. The third kappa shape index (κ3) is 3.51. The highest BCUT2D eigenvalue weighted by molar-refractivity contribution is 5.24. The van der Waals surface area contributed by atoms with Crippen molar-refractivity contribution >= 4 is 0 Å². The van der Waals surface area contributed by atoms with Crippen molar-refractivity contribution in [3.8, 4) is 0 Å². The van der Waals surface area contributed by atoms with Crippen LogP contribution in [0.5, 0.6) is 0 Å². The fourth-order valence-corrected chi connectivity index (χ4v) is 2.38. The van der Waals surface area contributed by atoms with E-state index in [0.29, 0.717) is 6.54 Å². The minimum Gasteiger partial charge on any atom is -0.395 e. The molecular formula is C14H21FN2O. The number of aliphatic hydroxyl groups is 1. The Morgan fingerprint density at radius 1 is 1.17 bits per heavy atom. The summed E-state index contributed by atoms with van der Waals surface area (Å²) in [6.07, 6.45) is 0. The zero-order valence-corrected chi connectivity index (χ0v) is 10.9. The number of halogens is 1. The molecule has 1 aromatic carbocycles. The lowest BCUT2D eigenvalue weighted by atomic mass is 10.1. The van der Waals surface area contributed by atoms with Crippen LogP contribution in [-0.4, -0.2) is 54.2 Å². The summed E-state index contributed by atoms with van der Waals surface area (Å²) in [5.74, 6) is -0.113. The van der Waals surface area contributed by atoms with Crippen molar-refractivity contribution in [3.63, 3.8) is 0 Å². The fourth-order valence-electron chi connectivity index (χ4n) is 2.38. The number of rotatable bonds is 4. The molecular weight excluding hydrogens is 231 g/mol. The van der Waals surface area contributed by atoms with E-state index in [1.165, 1.54) is 0 Å².